The van der Waals surface area contributed by atoms with E-state index >= 15 is 0 Å². The summed E-state index contributed by atoms with van der Waals surface area (Å²) < 4.78 is 5.22. The van der Waals surface area contributed by atoms with Crippen molar-refractivity contribution in [2.75, 3.05) is 20.7 Å². The van der Waals surface area contributed by atoms with E-state index in [-0.39, 0.29) is 0 Å². The van der Waals surface area contributed by atoms with Crippen LogP contribution in [0, 0.1) is 5.92 Å². The Kier molecular flexibility index (Phi) is 5.71. The third-order valence-electron chi connectivity index (χ3n) is 3.60. The highest BCUT2D eigenvalue weighted by Gasteiger charge is 2.19. The van der Waals surface area contributed by atoms with E-state index in [1.807, 2.05) is 25.2 Å². The first kappa shape index (κ1) is 14.7. The molecule has 1 saturated carbocycles. The molecule has 0 radical (unpaired) electrons. The highest BCUT2D eigenvalue weighted by Crippen LogP contribution is 2.33. The van der Waals surface area contributed by atoms with Crippen LogP contribution in [-0.4, -0.2) is 26.7 Å². The zero-order chi connectivity index (χ0) is 14.2. The molecule has 1 aromatic carbocycles. The molecule has 0 unspecified atom stereocenters. The number of hydrogen-bond donors (Lipinski definition) is 2. The molecule has 0 bridgehead atoms. The molecular formula is C16H25N3O. The quantitative estimate of drug-likeness (QED) is 0.457. The average Bonchev–Trinajstić information content (AvgIpc) is 3.31. The zero-order valence-electron chi connectivity index (χ0n) is 12.5. The number of aliphatic imine (C=N–C) groups is 1. The van der Waals surface area contributed by atoms with Crippen LogP contribution in [0.15, 0.2) is 29.3 Å². The maximum atomic E-state index is 5.22. The standard InChI is InChI=1S/C16H25N3O/c1-17-16(18-10-4-6-13-8-9-13)19-12-14-5-3-7-15(11-14)20-2/h3,5,7,11,13H,4,6,8-10,12H2,1-2H3,(H2,17,18,19). The number of nitrogens with one attached hydrogen (secondary N) is 2. The summed E-state index contributed by atoms with van der Waals surface area (Å²) in [5.74, 6) is 2.75. The fourth-order valence-electron chi connectivity index (χ4n) is 2.19. The Labute approximate surface area is 121 Å². The Morgan fingerprint density at radius 1 is 1.35 bits per heavy atom. The largest absolute Gasteiger partial charge is 0.497 e. The highest BCUT2D eigenvalue weighted by molar-refractivity contribution is 5.79. The number of nitrogens with zero attached hydrogens (tertiary/aromatic N) is 1. The van der Waals surface area contributed by atoms with Gasteiger partial charge in [-0.1, -0.05) is 25.0 Å². The number of ether oxygens (including phenoxy) is 1. The molecule has 2 rings (SSSR count). The smallest absolute Gasteiger partial charge is 0.191 e. The van der Waals surface area contributed by atoms with Crippen molar-refractivity contribution in [3.8, 4) is 5.75 Å². The predicted octanol–water partition coefficient (Wildman–Crippen LogP) is 2.55. The molecule has 0 aliphatic heterocycles. The minimum atomic E-state index is 0.750. The Balaban J connectivity index is 1.69. The molecule has 4 nitrogen and oxygen atoms in total. The molecule has 0 saturated heterocycles. The molecule has 2 N–H and O–H groups in total. The predicted molar refractivity (Wildman–Crippen MR) is 83.2 cm³/mol. The van der Waals surface area contributed by atoms with E-state index in [4.69, 9.17) is 4.74 Å². The van der Waals surface area contributed by atoms with Gasteiger partial charge >= 0.3 is 0 Å². The van der Waals surface area contributed by atoms with Gasteiger partial charge in [0.25, 0.3) is 0 Å². The molecule has 0 amide bonds. The van der Waals surface area contributed by atoms with E-state index in [1.165, 1.54) is 31.2 Å². The Morgan fingerprint density at radius 3 is 2.90 bits per heavy atom. The molecule has 4 heteroatoms. The number of benzene rings is 1. The Bertz CT molecular complexity index is 441. The van der Waals surface area contributed by atoms with Crippen LogP contribution >= 0.6 is 0 Å². The molecule has 20 heavy (non-hydrogen) atoms. The van der Waals surface area contributed by atoms with Gasteiger partial charge in [0.15, 0.2) is 5.96 Å². The molecule has 1 fully saturated rings. The lowest BCUT2D eigenvalue weighted by Crippen LogP contribution is -2.37. The van der Waals surface area contributed by atoms with Crippen molar-refractivity contribution in [1.82, 2.24) is 10.6 Å². The van der Waals surface area contributed by atoms with Crippen LogP contribution in [0.25, 0.3) is 0 Å². The minimum absolute atomic E-state index is 0.750. The van der Waals surface area contributed by atoms with E-state index in [0.29, 0.717) is 0 Å². The Hall–Kier alpha value is -1.71. The third kappa shape index (κ3) is 5.11. The summed E-state index contributed by atoms with van der Waals surface area (Å²) in [5, 5.41) is 6.68. The monoisotopic (exact) mass is 275 g/mol. The van der Waals surface area contributed by atoms with Gasteiger partial charge in [-0.2, -0.15) is 0 Å². The average molecular weight is 275 g/mol. The van der Waals surface area contributed by atoms with Crippen molar-refractivity contribution in [2.24, 2.45) is 10.9 Å². The topological polar surface area (TPSA) is 45.7 Å². The van der Waals surface area contributed by atoms with Gasteiger partial charge in [-0.15, -0.1) is 0 Å². The molecule has 0 spiro atoms. The molecule has 0 aromatic heterocycles. The lowest BCUT2D eigenvalue weighted by molar-refractivity contribution is 0.414. The van der Waals surface area contributed by atoms with Gasteiger partial charge in [0.1, 0.15) is 5.75 Å². The maximum absolute atomic E-state index is 5.22. The van der Waals surface area contributed by atoms with Crippen molar-refractivity contribution in [3.63, 3.8) is 0 Å². The first-order chi connectivity index (χ1) is 9.81. The molecule has 0 heterocycles. The minimum Gasteiger partial charge on any atom is -0.497 e. The number of rotatable bonds is 7. The lowest BCUT2D eigenvalue weighted by atomic mass is 10.2. The molecular weight excluding hydrogens is 250 g/mol. The van der Waals surface area contributed by atoms with Crippen molar-refractivity contribution in [1.29, 1.82) is 0 Å². The van der Waals surface area contributed by atoms with Crippen LogP contribution in [0.5, 0.6) is 5.75 Å². The second kappa shape index (κ2) is 7.78. The van der Waals surface area contributed by atoms with Crippen LogP contribution in [0.4, 0.5) is 0 Å². The van der Waals surface area contributed by atoms with E-state index in [1.54, 1.807) is 7.11 Å². The van der Waals surface area contributed by atoms with Crippen LogP contribution in [0.3, 0.4) is 0 Å². The number of methoxy groups -OCH3 is 1. The van der Waals surface area contributed by atoms with Crippen LogP contribution < -0.4 is 15.4 Å². The van der Waals surface area contributed by atoms with Gasteiger partial charge in [-0.3, -0.25) is 4.99 Å². The van der Waals surface area contributed by atoms with E-state index < -0.39 is 0 Å². The second-order valence-corrected chi connectivity index (χ2v) is 5.29. The lowest BCUT2D eigenvalue weighted by Gasteiger charge is -2.12. The third-order valence-corrected chi connectivity index (χ3v) is 3.60. The summed E-state index contributed by atoms with van der Waals surface area (Å²) in [7, 11) is 3.49. The number of guanidine groups is 1. The van der Waals surface area contributed by atoms with Crippen LogP contribution in [0.2, 0.25) is 0 Å². The highest BCUT2D eigenvalue weighted by atomic mass is 16.5. The first-order valence-corrected chi connectivity index (χ1v) is 7.39. The summed E-state index contributed by atoms with van der Waals surface area (Å²) in [6.45, 7) is 1.74. The molecule has 0 atom stereocenters. The first-order valence-electron chi connectivity index (χ1n) is 7.39. The summed E-state index contributed by atoms with van der Waals surface area (Å²) in [6, 6.07) is 8.07. The second-order valence-electron chi connectivity index (χ2n) is 5.29. The van der Waals surface area contributed by atoms with Crippen molar-refractivity contribution in [2.45, 2.75) is 32.2 Å². The van der Waals surface area contributed by atoms with Crippen molar-refractivity contribution >= 4 is 5.96 Å². The summed E-state index contributed by atoms with van der Waals surface area (Å²) in [5.41, 5.74) is 1.19. The van der Waals surface area contributed by atoms with Gasteiger partial charge in [-0.25, -0.2) is 0 Å². The summed E-state index contributed by atoms with van der Waals surface area (Å²) >= 11 is 0. The molecule has 1 aliphatic carbocycles. The zero-order valence-corrected chi connectivity index (χ0v) is 12.5. The van der Waals surface area contributed by atoms with Gasteiger partial charge in [0.2, 0.25) is 0 Å². The van der Waals surface area contributed by atoms with Crippen LogP contribution in [-0.2, 0) is 6.54 Å². The fraction of sp³-hybridized carbons (Fsp3) is 0.562. The van der Waals surface area contributed by atoms with Crippen LogP contribution in [0.1, 0.15) is 31.2 Å². The molecule has 110 valence electrons. The Morgan fingerprint density at radius 2 is 2.20 bits per heavy atom. The van der Waals surface area contributed by atoms with E-state index in [2.05, 4.69) is 21.7 Å². The fourth-order valence-corrected chi connectivity index (χ4v) is 2.19. The van der Waals surface area contributed by atoms with E-state index in [0.717, 1.165) is 30.7 Å². The van der Waals surface area contributed by atoms with Gasteiger partial charge in [0, 0.05) is 20.1 Å². The summed E-state index contributed by atoms with van der Waals surface area (Å²) in [4.78, 5) is 4.24. The normalized spacial score (nSPS) is 15.0. The van der Waals surface area contributed by atoms with Gasteiger partial charge in [-0.05, 0) is 36.5 Å². The maximum Gasteiger partial charge on any atom is 0.191 e. The van der Waals surface area contributed by atoms with Crippen molar-refractivity contribution in [3.05, 3.63) is 29.8 Å². The summed E-state index contributed by atoms with van der Waals surface area (Å²) in [6.07, 6.45) is 5.44. The van der Waals surface area contributed by atoms with Crippen molar-refractivity contribution < 1.29 is 4.74 Å². The number of hydrogen-bond acceptors (Lipinski definition) is 2. The van der Waals surface area contributed by atoms with Gasteiger partial charge in [0.05, 0.1) is 7.11 Å². The molecule has 1 aromatic rings. The SMILES string of the molecule is CN=C(NCCCC1CC1)NCc1cccc(OC)c1. The van der Waals surface area contributed by atoms with Gasteiger partial charge < -0.3 is 15.4 Å². The van der Waals surface area contributed by atoms with E-state index in [9.17, 15) is 0 Å². The molecule has 1 aliphatic rings.